The van der Waals surface area contributed by atoms with Gasteiger partial charge in [0.1, 0.15) is 6.23 Å². The third-order valence-corrected chi connectivity index (χ3v) is 3.35. The van der Waals surface area contributed by atoms with E-state index in [0.29, 0.717) is 13.2 Å². The fourth-order valence-corrected chi connectivity index (χ4v) is 1.94. The van der Waals surface area contributed by atoms with Crippen molar-refractivity contribution in [2.45, 2.75) is 72.6 Å². The SMILES string of the molecule is CCOOB(OOCC)OOC(C)NC(CC)(CC)CC. The van der Waals surface area contributed by atoms with E-state index in [1.54, 1.807) is 13.8 Å². The predicted molar refractivity (Wildman–Crippen MR) is 79.5 cm³/mol. The molecule has 0 radical (unpaired) electrons. The second-order valence-corrected chi connectivity index (χ2v) is 4.61. The molecule has 0 amide bonds. The molecule has 0 fully saturated rings. The standard InChI is InChI=1S/C13H30BNO6/c1-7-13(8-2,9-3)15-12(6)18-21-14(19-16-10-4)20-17-11-5/h12,15H,7-11H2,1-6H3. The van der Waals surface area contributed by atoms with Crippen LogP contribution in [0.3, 0.4) is 0 Å². The van der Waals surface area contributed by atoms with E-state index in [-0.39, 0.29) is 11.8 Å². The van der Waals surface area contributed by atoms with Crippen LogP contribution in [0.2, 0.25) is 0 Å². The topological polar surface area (TPSA) is 67.4 Å². The molecule has 0 rings (SSSR count). The summed E-state index contributed by atoms with van der Waals surface area (Å²) in [7, 11) is -1.20. The molecule has 0 aliphatic carbocycles. The summed E-state index contributed by atoms with van der Waals surface area (Å²) in [4.78, 5) is 29.4. The maximum Gasteiger partial charge on any atom is 0.725 e. The Labute approximate surface area is 128 Å². The molecule has 8 heteroatoms. The molecular weight excluding hydrogens is 277 g/mol. The average Bonchev–Trinajstić information content (AvgIpc) is 2.52. The summed E-state index contributed by atoms with van der Waals surface area (Å²) in [6.07, 6.45) is 2.68. The van der Waals surface area contributed by atoms with Gasteiger partial charge in [-0.2, -0.15) is 0 Å². The molecule has 21 heavy (non-hydrogen) atoms. The highest BCUT2D eigenvalue weighted by molar-refractivity contribution is 6.35. The van der Waals surface area contributed by atoms with Crippen LogP contribution < -0.4 is 5.32 Å². The van der Waals surface area contributed by atoms with Crippen molar-refractivity contribution in [3.8, 4) is 0 Å². The van der Waals surface area contributed by atoms with Gasteiger partial charge in [0.15, 0.2) is 0 Å². The molecule has 1 N–H and O–H groups in total. The summed E-state index contributed by atoms with van der Waals surface area (Å²) in [6, 6.07) is 0. The van der Waals surface area contributed by atoms with Crippen LogP contribution in [0.4, 0.5) is 0 Å². The second-order valence-electron chi connectivity index (χ2n) is 4.61. The molecule has 0 spiro atoms. The molecule has 0 aromatic rings. The van der Waals surface area contributed by atoms with Gasteiger partial charge in [0.25, 0.3) is 0 Å². The Morgan fingerprint density at radius 3 is 1.71 bits per heavy atom. The van der Waals surface area contributed by atoms with Crippen molar-refractivity contribution in [3.05, 3.63) is 0 Å². The number of rotatable bonds is 14. The lowest BCUT2D eigenvalue weighted by molar-refractivity contribution is -0.358. The summed E-state index contributed by atoms with van der Waals surface area (Å²) in [5.74, 6) is 0. The van der Waals surface area contributed by atoms with Crippen LogP contribution in [0.1, 0.15) is 60.8 Å². The van der Waals surface area contributed by atoms with Crippen LogP contribution >= 0.6 is 0 Å². The first-order chi connectivity index (χ1) is 10.1. The van der Waals surface area contributed by atoms with Gasteiger partial charge in [-0.1, -0.05) is 20.8 Å². The third kappa shape index (κ3) is 8.72. The smallest absolute Gasteiger partial charge is 0.284 e. The first-order valence-corrected chi connectivity index (χ1v) is 7.73. The van der Waals surface area contributed by atoms with Crippen molar-refractivity contribution in [2.24, 2.45) is 0 Å². The van der Waals surface area contributed by atoms with Crippen LogP contribution in [0.5, 0.6) is 0 Å². The minimum Gasteiger partial charge on any atom is -0.284 e. The van der Waals surface area contributed by atoms with Crippen molar-refractivity contribution in [1.29, 1.82) is 0 Å². The van der Waals surface area contributed by atoms with Crippen molar-refractivity contribution >= 4 is 7.32 Å². The Morgan fingerprint density at radius 2 is 1.33 bits per heavy atom. The van der Waals surface area contributed by atoms with Gasteiger partial charge in [-0.15, -0.1) is 0 Å². The Kier molecular flexibility index (Phi) is 12.2. The number of hydrogen-bond acceptors (Lipinski definition) is 7. The van der Waals surface area contributed by atoms with E-state index in [9.17, 15) is 0 Å². The highest BCUT2D eigenvalue weighted by Crippen LogP contribution is 2.20. The van der Waals surface area contributed by atoms with E-state index >= 15 is 0 Å². The fourth-order valence-electron chi connectivity index (χ4n) is 1.94. The Morgan fingerprint density at radius 1 is 0.857 bits per heavy atom. The van der Waals surface area contributed by atoms with Gasteiger partial charge < -0.3 is 0 Å². The predicted octanol–water partition coefficient (Wildman–Crippen LogP) is 2.76. The zero-order chi connectivity index (χ0) is 16.1. The maximum atomic E-state index is 5.24. The lowest BCUT2D eigenvalue weighted by atomic mass is 9.90. The summed E-state index contributed by atoms with van der Waals surface area (Å²) in [6.45, 7) is 12.6. The van der Waals surface area contributed by atoms with E-state index in [1.165, 1.54) is 0 Å². The lowest BCUT2D eigenvalue weighted by Gasteiger charge is -2.34. The highest BCUT2D eigenvalue weighted by atomic mass is 17.3. The van der Waals surface area contributed by atoms with E-state index in [1.807, 2.05) is 6.92 Å². The molecule has 1 atom stereocenters. The van der Waals surface area contributed by atoms with Crippen molar-refractivity contribution in [3.63, 3.8) is 0 Å². The van der Waals surface area contributed by atoms with Gasteiger partial charge >= 0.3 is 7.32 Å². The molecule has 7 nitrogen and oxygen atoms in total. The average molecular weight is 307 g/mol. The second kappa shape index (κ2) is 12.3. The first kappa shape index (κ1) is 20.8. The zero-order valence-electron chi connectivity index (χ0n) is 14.1. The summed E-state index contributed by atoms with van der Waals surface area (Å²) in [5, 5.41) is 3.41. The van der Waals surface area contributed by atoms with Gasteiger partial charge in [-0.3, -0.25) is 5.32 Å². The molecule has 1 unspecified atom stereocenters. The summed E-state index contributed by atoms with van der Waals surface area (Å²) >= 11 is 0. The van der Waals surface area contributed by atoms with Gasteiger partial charge in [-0.05, 0) is 40.0 Å². The van der Waals surface area contributed by atoms with Crippen molar-refractivity contribution in [1.82, 2.24) is 5.32 Å². The molecule has 0 saturated heterocycles. The number of hydrogen-bond donors (Lipinski definition) is 1. The van der Waals surface area contributed by atoms with Crippen LogP contribution in [-0.4, -0.2) is 32.3 Å². The van der Waals surface area contributed by atoms with Gasteiger partial charge in [0.2, 0.25) is 0 Å². The molecule has 0 heterocycles. The van der Waals surface area contributed by atoms with E-state index < -0.39 is 7.32 Å². The molecule has 0 saturated carbocycles. The Bertz CT molecular complexity index is 226. The molecule has 0 aliphatic heterocycles. The summed E-state index contributed by atoms with van der Waals surface area (Å²) < 4.78 is 0. The van der Waals surface area contributed by atoms with Crippen molar-refractivity contribution in [2.75, 3.05) is 13.2 Å². The van der Waals surface area contributed by atoms with Crippen LogP contribution in [0, 0.1) is 0 Å². The van der Waals surface area contributed by atoms with Crippen LogP contribution in [-0.2, 0) is 29.1 Å². The van der Waals surface area contributed by atoms with E-state index in [4.69, 9.17) is 29.1 Å². The Balaban J connectivity index is 4.23. The fraction of sp³-hybridized carbons (Fsp3) is 1.00. The van der Waals surface area contributed by atoms with E-state index in [2.05, 4.69) is 26.1 Å². The Hall–Kier alpha value is -0.215. The van der Waals surface area contributed by atoms with E-state index in [0.717, 1.165) is 19.3 Å². The maximum absolute atomic E-state index is 5.24. The minimum atomic E-state index is -1.20. The quantitative estimate of drug-likeness (QED) is 0.229. The monoisotopic (exact) mass is 307 g/mol. The lowest BCUT2D eigenvalue weighted by Crippen LogP contribution is -2.49. The number of nitrogens with one attached hydrogen (secondary N) is 1. The van der Waals surface area contributed by atoms with Gasteiger partial charge in [-0.25, -0.2) is 29.1 Å². The van der Waals surface area contributed by atoms with Crippen molar-refractivity contribution < 1.29 is 29.1 Å². The normalized spacial score (nSPS) is 13.4. The van der Waals surface area contributed by atoms with Crippen LogP contribution in [0.15, 0.2) is 0 Å². The highest BCUT2D eigenvalue weighted by Gasteiger charge is 2.30. The zero-order valence-corrected chi connectivity index (χ0v) is 14.1. The molecule has 126 valence electrons. The molecule has 0 aromatic carbocycles. The molecular formula is C13H30BNO6. The van der Waals surface area contributed by atoms with Gasteiger partial charge in [0.05, 0.1) is 13.2 Å². The molecule has 0 aliphatic rings. The largest absolute Gasteiger partial charge is 0.725 e. The summed E-state index contributed by atoms with van der Waals surface area (Å²) in [5.41, 5.74) is 0.0276. The van der Waals surface area contributed by atoms with Gasteiger partial charge in [0, 0.05) is 5.54 Å². The molecule has 0 bridgehead atoms. The first-order valence-electron chi connectivity index (χ1n) is 7.73. The van der Waals surface area contributed by atoms with Crippen LogP contribution in [0.25, 0.3) is 0 Å². The minimum absolute atomic E-state index is 0.0276. The third-order valence-electron chi connectivity index (χ3n) is 3.35. The molecule has 0 aromatic heterocycles.